The van der Waals surface area contributed by atoms with Gasteiger partial charge < -0.3 is 14.8 Å². The van der Waals surface area contributed by atoms with Gasteiger partial charge in [-0.2, -0.15) is 0 Å². The van der Waals surface area contributed by atoms with E-state index in [1.54, 1.807) is 14.2 Å². The van der Waals surface area contributed by atoms with E-state index in [0.29, 0.717) is 6.61 Å². The first-order chi connectivity index (χ1) is 7.36. The van der Waals surface area contributed by atoms with E-state index < -0.39 is 0 Å². The molecule has 15 heavy (non-hydrogen) atoms. The molecule has 0 atom stereocenters. The molecule has 0 aliphatic carbocycles. The number of rotatable bonds is 7. The lowest BCUT2D eigenvalue weighted by molar-refractivity contribution is 0.185. The quantitative estimate of drug-likeness (QED) is 0.699. The first kappa shape index (κ1) is 12.0. The lowest BCUT2D eigenvalue weighted by Gasteiger charge is -2.06. The third-order valence-electron chi connectivity index (χ3n) is 2.12. The number of hydrogen-bond donors (Lipinski definition) is 1. The van der Waals surface area contributed by atoms with Crippen LogP contribution in [0.25, 0.3) is 0 Å². The number of benzene rings is 1. The molecule has 0 bridgehead atoms. The van der Waals surface area contributed by atoms with Crippen LogP contribution in [0.15, 0.2) is 24.3 Å². The van der Waals surface area contributed by atoms with Gasteiger partial charge in [-0.1, -0.05) is 12.1 Å². The Hall–Kier alpha value is -1.06. The highest BCUT2D eigenvalue weighted by atomic mass is 16.5. The Labute approximate surface area is 91.4 Å². The Morgan fingerprint density at radius 2 is 1.80 bits per heavy atom. The molecule has 3 nitrogen and oxygen atoms in total. The largest absolute Gasteiger partial charge is 0.385 e. The molecule has 0 spiro atoms. The highest BCUT2D eigenvalue weighted by molar-refractivity contribution is 5.44. The Bertz CT molecular complexity index is 259. The van der Waals surface area contributed by atoms with Crippen molar-refractivity contribution in [3.8, 4) is 0 Å². The van der Waals surface area contributed by atoms with Crippen LogP contribution in [0, 0.1) is 0 Å². The SMILES string of the molecule is COCCCNc1ccc(COC)cc1. The maximum Gasteiger partial charge on any atom is 0.0713 e. The third-order valence-corrected chi connectivity index (χ3v) is 2.12. The Morgan fingerprint density at radius 3 is 2.40 bits per heavy atom. The predicted molar refractivity (Wildman–Crippen MR) is 62.1 cm³/mol. The van der Waals surface area contributed by atoms with Crippen LogP contribution in [0.5, 0.6) is 0 Å². The number of anilines is 1. The van der Waals surface area contributed by atoms with E-state index in [2.05, 4.69) is 29.6 Å². The molecule has 1 aromatic rings. The van der Waals surface area contributed by atoms with E-state index in [9.17, 15) is 0 Å². The normalized spacial score (nSPS) is 10.3. The molecule has 1 aromatic carbocycles. The molecule has 1 rings (SSSR count). The first-order valence-electron chi connectivity index (χ1n) is 5.17. The van der Waals surface area contributed by atoms with E-state index >= 15 is 0 Å². The summed E-state index contributed by atoms with van der Waals surface area (Å²) in [6.45, 7) is 2.41. The van der Waals surface area contributed by atoms with Gasteiger partial charge in [0.05, 0.1) is 6.61 Å². The van der Waals surface area contributed by atoms with Gasteiger partial charge in [-0.25, -0.2) is 0 Å². The van der Waals surface area contributed by atoms with Crippen LogP contribution >= 0.6 is 0 Å². The highest BCUT2D eigenvalue weighted by Gasteiger charge is 1.93. The first-order valence-corrected chi connectivity index (χ1v) is 5.17. The average Bonchev–Trinajstić information content (AvgIpc) is 2.27. The van der Waals surface area contributed by atoms with Crippen molar-refractivity contribution < 1.29 is 9.47 Å². The van der Waals surface area contributed by atoms with Crippen LogP contribution in [-0.4, -0.2) is 27.4 Å². The lowest BCUT2D eigenvalue weighted by Crippen LogP contribution is -2.04. The van der Waals surface area contributed by atoms with Gasteiger partial charge in [0, 0.05) is 33.1 Å². The van der Waals surface area contributed by atoms with Crippen molar-refractivity contribution in [2.24, 2.45) is 0 Å². The second kappa shape index (κ2) is 7.26. The van der Waals surface area contributed by atoms with Crippen molar-refractivity contribution in [1.29, 1.82) is 0 Å². The number of hydrogen-bond acceptors (Lipinski definition) is 3. The van der Waals surface area contributed by atoms with Gasteiger partial charge in [-0.3, -0.25) is 0 Å². The molecule has 0 aliphatic rings. The van der Waals surface area contributed by atoms with Gasteiger partial charge in [0.1, 0.15) is 0 Å². The summed E-state index contributed by atoms with van der Waals surface area (Å²) >= 11 is 0. The van der Waals surface area contributed by atoms with Gasteiger partial charge in [-0.05, 0) is 24.1 Å². The summed E-state index contributed by atoms with van der Waals surface area (Å²) in [6.07, 6.45) is 1.02. The predicted octanol–water partition coefficient (Wildman–Crippen LogP) is 2.28. The molecule has 0 heterocycles. The molecular weight excluding hydrogens is 190 g/mol. The van der Waals surface area contributed by atoms with E-state index in [-0.39, 0.29) is 0 Å². The third kappa shape index (κ3) is 4.81. The summed E-state index contributed by atoms with van der Waals surface area (Å²) in [5, 5.41) is 3.33. The molecule has 3 heteroatoms. The molecule has 0 aliphatic heterocycles. The van der Waals surface area contributed by atoms with E-state index in [1.165, 1.54) is 5.56 Å². The van der Waals surface area contributed by atoms with Crippen molar-refractivity contribution in [3.05, 3.63) is 29.8 Å². The van der Waals surface area contributed by atoms with Crippen LogP contribution < -0.4 is 5.32 Å². The lowest BCUT2D eigenvalue weighted by atomic mass is 10.2. The number of nitrogens with one attached hydrogen (secondary N) is 1. The van der Waals surface area contributed by atoms with Crippen molar-refractivity contribution >= 4 is 5.69 Å². The summed E-state index contributed by atoms with van der Waals surface area (Å²) in [6, 6.07) is 8.28. The summed E-state index contributed by atoms with van der Waals surface area (Å²) in [5.41, 5.74) is 2.34. The number of methoxy groups -OCH3 is 2. The van der Waals surface area contributed by atoms with Gasteiger partial charge in [0.2, 0.25) is 0 Å². The minimum atomic E-state index is 0.671. The van der Waals surface area contributed by atoms with Crippen molar-refractivity contribution in [1.82, 2.24) is 0 Å². The van der Waals surface area contributed by atoms with Crippen molar-refractivity contribution in [2.75, 3.05) is 32.7 Å². The zero-order valence-electron chi connectivity index (χ0n) is 9.45. The molecule has 0 fully saturated rings. The zero-order valence-corrected chi connectivity index (χ0v) is 9.45. The average molecular weight is 209 g/mol. The molecule has 0 aromatic heterocycles. The highest BCUT2D eigenvalue weighted by Crippen LogP contribution is 2.09. The fraction of sp³-hybridized carbons (Fsp3) is 0.500. The van der Waals surface area contributed by atoms with Crippen LogP contribution in [-0.2, 0) is 16.1 Å². The summed E-state index contributed by atoms with van der Waals surface area (Å²) in [4.78, 5) is 0. The summed E-state index contributed by atoms with van der Waals surface area (Å²) < 4.78 is 10.0. The Kier molecular flexibility index (Phi) is 5.81. The molecular formula is C12H19NO2. The molecule has 0 amide bonds. The minimum Gasteiger partial charge on any atom is -0.385 e. The van der Waals surface area contributed by atoms with E-state index in [1.807, 2.05) is 0 Å². The molecule has 0 unspecified atom stereocenters. The van der Waals surface area contributed by atoms with Crippen molar-refractivity contribution in [3.63, 3.8) is 0 Å². The second-order valence-electron chi connectivity index (χ2n) is 3.40. The second-order valence-corrected chi connectivity index (χ2v) is 3.40. The summed E-state index contributed by atoms with van der Waals surface area (Å²) in [7, 11) is 3.43. The smallest absolute Gasteiger partial charge is 0.0713 e. The Morgan fingerprint density at radius 1 is 1.07 bits per heavy atom. The topological polar surface area (TPSA) is 30.5 Å². The fourth-order valence-corrected chi connectivity index (χ4v) is 1.33. The van der Waals surface area contributed by atoms with Gasteiger partial charge in [0.15, 0.2) is 0 Å². The maximum atomic E-state index is 5.04. The van der Waals surface area contributed by atoms with Crippen LogP contribution in [0.4, 0.5) is 5.69 Å². The van der Waals surface area contributed by atoms with Crippen LogP contribution in [0.2, 0.25) is 0 Å². The maximum absolute atomic E-state index is 5.04. The molecule has 0 saturated heterocycles. The van der Waals surface area contributed by atoms with E-state index in [4.69, 9.17) is 9.47 Å². The summed E-state index contributed by atoms with van der Waals surface area (Å²) in [5.74, 6) is 0. The Balaban J connectivity index is 2.29. The minimum absolute atomic E-state index is 0.671. The molecule has 1 N–H and O–H groups in total. The van der Waals surface area contributed by atoms with Crippen LogP contribution in [0.1, 0.15) is 12.0 Å². The van der Waals surface area contributed by atoms with Gasteiger partial charge in [0.25, 0.3) is 0 Å². The zero-order chi connectivity index (χ0) is 10.9. The molecule has 84 valence electrons. The van der Waals surface area contributed by atoms with Gasteiger partial charge >= 0.3 is 0 Å². The van der Waals surface area contributed by atoms with Crippen molar-refractivity contribution in [2.45, 2.75) is 13.0 Å². The molecule has 0 radical (unpaired) electrons. The van der Waals surface area contributed by atoms with Gasteiger partial charge in [-0.15, -0.1) is 0 Å². The molecule has 0 saturated carbocycles. The monoisotopic (exact) mass is 209 g/mol. The number of ether oxygens (including phenoxy) is 2. The fourth-order valence-electron chi connectivity index (χ4n) is 1.33. The van der Waals surface area contributed by atoms with Crippen LogP contribution in [0.3, 0.4) is 0 Å². The standard InChI is InChI=1S/C12H19NO2/c1-14-9-3-8-13-12-6-4-11(5-7-12)10-15-2/h4-7,13H,3,8-10H2,1-2H3. The van der Waals surface area contributed by atoms with E-state index in [0.717, 1.165) is 25.3 Å².